The number of nitriles is 1. The van der Waals surface area contributed by atoms with Crippen LogP contribution in [0.15, 0.2) is 41.3 Å². The molecule has 0 atom stereocenters. The molecule has 136 valence electrons. The highest BCUT2D eigenvalue weighted by Crippen LogP contribution is 2.29. The number of halogens is 2. The predicted molar refractivity (Wildman–Crippen MR) is 102 cm³/mol. The summed E-state index contributed by atoms with van der Waals surface area (Å²) >= 11 is 11.9. The van der Waals surface area contributed by atoms with Gasteiger partial charge in [0.25, 0.3) is 0 Å². The number of sulfone groups is 1. The van der Waals surface area contributed by atoms with Crippen LogP contribution in [0.1, 0.15) is 11.1 Å². The lowest BCUT2D eigenvalue weighted by atomic mass is 10.1. The van der Waals surface area contributed by atoms with Crippen molar-refractivity contribution >= 4 is 39.1 Å². The van der Waals surface area contributed by atoms with Crippen molar-refractivity contribution in [3.63, 3.8) is 0 Å². The van der Waals surface area contributed by atoms with E-state index in [4.69, 9.17) is 32.7 Å². The first-order chi connectivity index (χ1) is 12.3. The molecular formula is C18H15Cl2NO4S. The van der Waals surface area contributed by atoms with Gasteiger partial charge in [0.1, 0.15) is 22.5 Å². The average Bonchev–Trinajstić information content (AvgIpc) is 2.61. The number of benzene rings is 2. The van der Waals surface area contributed by atoms with Gasteiger partial charge in [-0.2, -0.15) is 5.26 Å². The fraction of sp³-hybridized carbons (Fsp3) is 0.167. The second-order valence-electron chi connectivity index (χ2n) is 5.22. The Kier molecular flexibility index (Phi) is 6.54. The van der Waals surface area contributed by atoms with E-state index in [9.17, 15) is 13.7 Å². The SMILES string of the molecule is COc1ccc(OC)c(/C=C(/C#N)S(=O)(=O)Cc2ccc(Cl)cc2Cl)c1. The minimum Gasteiger partial charge on any atom is -0.497 e. The van der Waals surface area contributed by atoms with Crippen molar-refractivity contribution in [2.45, 2.75) is 5.75 Å². The molecule has 0 heterocycles. The molecule has 0 bridgehead atoms. The lowest BCUT2D eigenvalue weighted by Gasteiger charge is -2.09. The Morgan fingerprint density at radius 2 is 1.88 bits per heavy atom. The Bertz CT molecular complexity index is 995. The van der Waals surface area contributed by atoms with Crippen molar-refractivity contribution in [1.29, 1.82) is 5.26 Å². The van der Waals surface area contributed by atoms with Crippen molar-refractivity contribution in [3.8, 4) is 17.6 Å². The number of hydrogen-bond donors (Lipinski definition) is 0. The average molecular weight is 412 g/mol. The molecular weight excluding hydrogens is 397 g/mol. The quantitative estimate of drug-likeness (QED) is 0.654. The van der Waals surface area contributed by atoms with Crippen LogP contribution >= 0.6 is 23.2 Å². The van der Waals surface area contributed by atoms with Gasteiger partial charge in [-0.15, -0.1) is 0 Å². The fourth-order valence-electron chi connectivity index (χ4n) is 2.21. The summed E-state index contributed by atoms with van der Waals surface area (Å²) in [5, 5.41) is 10.00. The van der Waals surface area contributed by atoms with E-state index in [-0.39, 0.29) is 5.02 Å². The molecule has 0 aromatic heterocycles. The summed E-state index contributed by atoms with van der Waals surface area (Å²) in [4.78, 5) is -0.407. The van der Waals surface area contributed by atoms with Crippen LogP contribution in [0.3, 0.4) is 0 Å². The third kappa shape index (κ3) is 4.70. The zero-order valence-electron chi connectivity index (χ0n) is 14.0. The molecule has 0 aliphatic rings. The van der Waals surface area contributed by atoms with Gasteiger partial charge in [-0.05, 0) is 42.0 Å². The first kappa shape index (κ1) is 20.1. The van der Waals surface area contributed by atoms with Crippen molar-refractivity contribution < 1.29 is 17.9 Å². The molecule has 26 heavy (non-hydrogen) atoms. The summed E-state index contributed by atoms with van der Waals surface area (Å²) in [5.41, 5.74) is 0.768. The summed E-state index contributed by atoms with van der Waals surface area (Å²) < 4.78 is 35.7. The fourth-order valence-corrected chi connectivity index (χ4v) is 4.02. The summed E-state index contributed by atoms with van der Waals surface area (Å²) in [5.74, 6) is 0.500. The van der Waals surface area contributed by atoms with Crippen molar-refractivity contribution in [3.05, 3.63) is 62.5 Å². The predicted octanol–water partition coefficient (Wildman–Crippen LogP) is 4.49. The maximum Gasteiger partial charge on any atom is 0.192 e. The van der Waals surface area contributed by atoms with Crippen molar-refractivity contribution in [2.24, 2.45) is 0 Å². The molecule has 0 aliphatic carbocycles. The van der Waals surface area contributed by atoms with E-state index in [2.05, 4.69) is 0 Å². The molecule has 0 saturated carbocycles. The van der Waals surface area contributed by atoms with Gasteiger partial charge in [0.15, 0.2) is 9.84 Å². The molecule has 0 radical (unpaired) electrons. The molecule has 0 amide bonds. The van der Waals surface area contributed by atoms with E-state index in [0.717, 1.165) is 0 Å². The summed E-state index contributed by atoms with van der Waals surface area (Å²) in [6, 6.07) is 11.1. The molecule has 2 aromatic rings. The summed E-state index contributed by atoms with van der Waals surface area (Å²) in [6.07, 6.45) is 1.25. The number of ether oxygens (including phenoxy) is 2. The zero-order valence-corrected chi connectivity index (χ0v) is 16.3. The zero-order chi connectivity index (χ0) is 19.3. The highest BCUT2D eigenvalue weighted by molar-refractivity contribution is 7.95. The van der Waals surface area contributed by atoms with Gasteiger partial charge in [-0.3, -0.25) is 0 Å². The number of rotatable bonds is 6. The van der Waals surface area contributed by atoms with Gasteiger partial charge in [-0.25, -0.2) is 8.42 Å². The van der Waals surface area contributed by atoms with Gasteiger partial charge in [0, 0.05) is 15.6 Å². The van der Waals surface area contributed by atoms with E-state index < -0.39 is 20.5 Å². The maximum atomic E-state index is 12.7. The number of nitrogens with zero attached hydrogens (tertiary/aromatic N) is 1. The Morgan fingerprint density at radius 1 is 1.15 bits per heavy atom. The first-order valence-corrected chi connectivity index (χ1v) is 9.72. The number of allylic oxidation sites excluding steroid dienone is 1. The molecule has 2 aromatic carbocycles. The number of hydrogen-bond acceptors (Lipinski definition) is 5. The third-order valence-electron chi connectivity index (χ3n) is 3.53. The van der Waals surface area contributed by atoms with Crippen LogP contribution in [-0.2, 0) is 15.6 Å². The molecule has 2 rings (SSSR count). The van der Waals surface area contributed by atoms with Gasteiger partial charge in [0.2, 0.25) is 0 Å². The van der Waals surface area contributed by atoms with Crippen LogP contribution in [-0.4, -0.2) is 22.6 Å². The normalized spacial score (nSPS) is 11.7. The lowest BCUT2D eigenvalue weighted by molar-refractivity contribution is 0.402. The van der Waals surface area contributed by atoms with E-state index in [1.54, 1.807) is 30.3 Å². The Labute approximate surface area is 162 Å². The summed E-state index contributed by atoms with van der Waals surface area (Å²) in [7, 11) is -0.990. The van der Waals surface area contributed by atoms with Crippen LogP contribution in [0.25, 0.3) is 6.08 Å². The van der Waals surface area contributed by atoms with Crippen molar-refractivity contribution in [2.75, 3.05) is 14.2 Å². The standard InChI is InChI=1S/C18H15Cl2NO4S/c1-24-15-5-6-18(25-2)13(7-15)8-16(10-21)26(22,23)11-12-3-4-14(19)9-17(12)20/h3-9H,11H2,1-2H3/b16-8-. The molecule has 8 heteroatoms. The van der Waals surface area contributed by atoms with Crippen LogP contribution in [0.5, 0.6) is 11.5 Å². The van der Waals surface area contributed by atoms with Crippen LogP contribution in [0, 0.1) is 11.3 Å². The van der Waals surface area contributed by atoms with Crippen molar-refractivity contribution in [1.82, 2.24) is 0 Å². The van der Waals surface area contributed by atoms with Crippen LogP contribution in [0.2, 0.25) is 10.0 Å². The van der Waals surface area contributed by atoms with E-state index >= 15 is 0 Å². The smallest absolute Gasteiger partial charge is 0.192 e. The molecule has 0 spiro atoms. The Hall–Kier alpha value is -2.20. The minimum atomic E-state index is -3.93. The Balaban J connectivity index is 2.46. The molecule has 0 unspecified atom stereocenters. The highest BCUT2D eigenvalue weighted by Gasteiger charge is 2.21. The Morgan fingerprint density at radius 3 is 2.46 bits per heavy atom. The minimum absolute atomic E-state index is 0.220. The third-order valence-corrected chi connectivity index (χ3v) is 5.69. The van der Waals surface area contributed by atoms with E-state index in [0.29, 0.717) is 27.6 Å². The summed E-state index contributed by atoms with van der Waals surface area (Å²) in [6.45, 7) is 0. The molecule has 0 N–H and O–H groups in total. The first-order valence-electron chi connectivity index (χ1n) is 7.31. The van der Waals surface area contributed by atoms with Gasteiger partial charge in [-0.1, -0.05) is 29.3 Å². The molecule has 5 nitrogen and oxygen atoms in total. The topological polar surface area (TPSA) is 76.4 Å². The number of methoxy groups -OCH3 is 2. The van der Waals surface area contributed by atoms with Gasteiger partial charge >= 0.3 is 0 Å². The largest absolute Gasteiger partial charge is 0.497 e. The van der Waals surface area contributed by atoms with Crippen LogP contribution in [0.4, 0.5) is 0 Å². The lowest BCUT2D eigenvalue weighted by Crippen LogP contribution is -2.07. The van der Waals surface area contributed by atoms with Gasteiger partial charge < -0.3 is 9.47 Å². The monoisotopic (exact) mass is 411 g/mol. The van der Waals surface area contributed by atoms with Gasteiger partial charge in [0.05, 0.1) is 20.0 Å². The van der Waals surface area contributed by atoms with E-state index in [1.165, 1.54) is 32.4 Å². The molecule has 0 fully saturated rings. The highest BCUT2D eigenvalue weighted by atomic mass is 35.5. The second-order valence-corrected chi connectivity index (χ2v) is 8.02. The van der Waals surface area contributed by atoms with E-state index in [1.807, 2.05) is 0 Å². The molecule has 0 aliphatic heterocycles. The second kappa shape index (κ2) is 8.45. The van der Waals surface area contributed by atoms with Crippen LogP contribution < -0.4 is 9.47 Å². The maximum absolute atomic E-state index is 12.7. The molecule has 0 saturated heterocycles.